The van der Waals surface area contributed by atoms with E-state index in [0.29, 0.717) is 0 Å². The smallest absolute Gasteiger partial charge is 0.0415 e. The minimum absolute atomic E-state index is 0. The fourth-order valence-corrected chi connectivity index (χ4v) is 2.84. The van der Waals surface area contributed by atoms with Crippen LogP contribution >= 0.6 is 24.8 Å². The molecule has 0 saturated carbocycles. The first-order chi connectivity index (χ1) is 7.45. The van der Waals surface area contributed by atoms with Crippen LogP contribution in [0.1, 0.15) is 18.4 Å². The lowest BCUT2D eigenvalue weighted by Crippen LogP contribution is -2.45. The molecule has 96 valence electrons. The van der Waals surface area contributed by atoms with Crippen molar-refractivity contribution in [3.8, 4) is 0 Å². The maximum Gasteiger partial charge on any atom is 0.0415 e. The first-order valence-corrected chi connectivity index (χ1v) is 6.00. The molecule has 1 aromatic carbocycles. The topological polar surface area (TPSA) is 15.3 Å². The summed E-state index contributed by atoms with van der Waals surface area (Å²) in [5, 5.41) is 3.50. The van der Waals surface area contributed by atoms with E-state index in [1.165, 1.54) is 43.6 Å². The summed E-state index contributed by atoms with van der Waals surface area (Å²) in [7, 11) is 0. The van der Waals surface area contributed by atoms with E-state index in [-0.39, 0.29) is 24.8 Å². The second kappa shape index (κ2) is 6.48. The van der Waals surface area contributed by atoms with Gasteiger partial charge in [0.15, 0.2) is 0 Å². The Kier molecular flexibility index (Phi) is 5.57. The van der Waals surface area contributed by atoms with Crippen molar-refractivity contribution in [3.63, 3.8) is 0 Å². The number of benzene rings is 1. The lowest BCUT2D eigenvalue weighted by atomic mass is 10.1. The Morgan fingerprint density at radius 3 is 2.76 bits per heavy atom. The molecule has 1 aromatic rings. The Morgan fingerprint density at radius 1 is 1.18 bits per heavy atom. The Balaban J connectivity index is 0.000000722. The van der Waals surface area contributed by atoms with Crippen LogP contribution in [0, 0.1) is 0 Å². The highest BCUT2D eigenvalue weighted by atomic mass is 35.5. The first-order valence-electron chi connectivity index (χ1n) is 6.00. The molecule has 2 nitrogen and oxygen atoms in total. The second-order valence-corrected chi connectivity index (χ2v) is 4.57. The van der Waals surface area contributed by atoms with Gasteiger partial charge in [-0.05, 0) is 37.4 Å². The van der Waals surface area contributed by atoms with Crippen LogP contribution in [0.25, 0.3) is 0 Å². The average molecular weight is 275 g/mol. The van der Waals surface area contributed by atoms with Gasteiger partial charge in [0, 0.05) is 24.8 Å². The monoisotopic (exact) mass is 274 g/mol. The van der Waals surface area contributed by atoms with Crippen molar-refractivity contribution >= 4 is 30.5 Å². The summed E-state index contributed by atoms with van der Waals surface area (Å²) in [6.07, 6.45) is 3.90. The van der Waals surface area contributed by atoms with Crippen LogP contribution in [-0.4, -0.2) is 25.7 Å². The number of fused-ring (bicyclic) bond motifs is 1. The second-order valence-electron chi connectivity index (χ2n) is 4.57. The summed E-state index contributed by atoms with van der Waals surface area (Å²) < 4.78 is 0. The van der Waals surface area contributed by atoms with Gasteiger partial charge in [0.2, 0.25) is 0 Å². The van der Waals surface area contributed by atoms with Crippen LogP contribution in [0.3, 0.4) is 0 Å². The van der Waals surface area contributed by atoms with Crippen LogP contribution in [-0.2, 0) is 6.42 Å². The van der Waals surface area contributed by atoms with E-state index in [0.717, 1.165) is 12.6 Å². The molecule has 2 heterocycles. The number of rotatable bonds is 1. The maximum absolute atomic E-state index is 3.50. The molecule has 3 rings (SSSR count). The Hall–Kier alpha value is -0.440. The molecule has 17 heavy (non-hydrogen) atoms. The SMILES string of the molecule is Cl.Cl.c1ccc2c(c1)CCN2C1CCCNC1. The zero-order valence-electron chi connectivity index (χ0n) is 9.89. The minimum Gasteiger partial charge on any atom is -0.367 e. The van der Waals surface area contributed by atoms with E-state index in [1.54, 1.807) is 0 Å². The summed E-state index contributed by atoms with van der Waals surface area (Å²) in [4.78, 5) is 2.60. The largest absolute Gasteiger partial charge is 0.367 e. The third-order valence-electron chi connectivity index (χ3n) is 3.63. The van der Waals surface area contributed by atoms with Crippen molar-refractivity contribution in [1.82, 2.24) is 5.32 Å². The van der Waals surface area contributed by atoms with E-state index in [9.17, 15) is 0 Å². The molecular formula is C13H20Cl2N2. The molecule has 0 bridgehead atoms. The number of nitrogens with zero attached hydrogens (tertiary/aromatic N) is 1. The van der Waals surface area contributed by atoms with Gasteiger partial charge in [-0.3, -0.25) is 0 Å². The fourth-order valence-electron chi connectivity index (χ4n) is 2.84. The average Bonchev–Trinajstić information content (AvgIpc) is 2.74. The van der Waals surface area contributed by atoms with Crippen molar-refractivity contribution in [2.24, 2.45) is 0 Å². The molecule has 2 aliphatic heterocycles. The van der Waals surface area contributed by atoms with E-state index < -0.39 is 0 Å². The van der Waals surface area contributed by atoms with Gasteiger partial charge >= 0.3 is 0 Å². The molecule has 1 N–H and O–H groups in total. The van der Waals surface area contributed by atoms with Crippen molar-refractivity contribution in [2.45, 2.75) is 25.3 Å². The van der Waals surface area contributed by atoms with Gasteiger partial charge in [0.05, 0.1) is 0 Å². The van der Waals surface area contributed by atoms with Gasteiger partial charge < -0.3 is 10.2 Å². The molecular weight excluding hydrogens is 255 g/mol. The number of nitrogens with one attached hydrogen (secondary N) is 1. The summed E-state index contributed by atoms with van der Waals surface area (Å²) >= 11 is 0. The molecule has 0 spiro atoms. The quantitative estimate of drug-likeness (QED) is 0.847. The summed E-state index contributed by atoms with van der Waals surface area (Å²) in [5.41, 5.74) is 3.01. The predicted octanol–water partition coefficient (Wildman–Crippen LogP) is 2.64. The van der Waals surface area contributed by atoms with Gasteiger partial charge in [0.1, 0.15) is 0 Å². The highest BCUT2D eigenvalue weighted by Gasteiger charge is 2.26. The van der Waals surface area contributed by atoms with Gasteiger partial charge in [-0.1, -0.05) is 18.2 Å². The lowest BCUT2D eigenvalue weighted by molar-refractivity contribution is 0.437. The maximum atomic E-state index is 3.50. The number of anilines is 1. The number of piperidine rings is 1. The molecule has 0 aromatic heterocycles. The molecule has 4 heteroatoms. The molecule has 1 saturated heterocycles. The van der Waals surface area contributed by atoms with Crippen molar-refractivity contribution < 1.29 is 0 Å². The van der Waals surface area contributed by atoms with Crippen LogP contribution < -0.4 is 10.2 Å². The third-order valence-corrected chi connectivity index (χ3v) is 3.63. The van der Waals surface area contributed by atoms with E-state index in [1.807, 2.05) is 0 Å². The molecule has 0 aliphatic carbocycles. The summed E-state index contributed by atoms with van der Waals surface area (Å²) in [5.74, 6) is 0. The molecule has 1 unspecified atom stereocenters. The molecule has 2 aliphatic rings. The van der Waals surface area contributed by atoms with Crippen LogP contribution in [0.5, 0.6) is 0 Å². The Labute approximate surface area is 116 Å². The van der Waals surface area contributed by atoms with E-state index >= 15 is 0 Å². The zero-order valence-corrected chi connectivity index (χ0v) is 11.5. The summed E-state index contributed by atoms with van der Waals surface area (Å²) in [6, 6.07) is 9.58. The van der Waals surface area contributed by atoms with E-state index in [4.69, 9.17) is 0 Å². The molecule has 0 amide bonds. The van der Waals surface area contributed by atoms with Crippen molar-refractivity contribution in [3.05, 3.63) is 29.8 Å². The third kappa shape index (κ3) is 2.87. The van der Waals surface area contributed by atoms with E-state index in [2.05, 4.69) is 34.5 Å². The summed E-state index contributed by atoms with van der Waals surface area (Å²) in [6.45, 7) is 3.58. The Bertz CT molecular complexity index is 351. The van der Waals surface area contributed by atoms with Gasteiger partial charge in [-0.25, -0.2) is 0 Å². The fraction of sp³-hybridized carbons (Fsp3) is 0.538. The van der Waals surface area contributed by atoms with Gasteiger partial charge in [-0.2, -0.15) is 0 Å². The normalized spacial score (nSPS) is 22.4. The Morgan fingerprint density at radius 2 is 2.00 bits per heavy atom. The van der Waals surface area contributed by atoms with Gasteiger partial charge in [-0.15, -0.1) is 24.8 Å². The number of para-hydroxylation sites is 1. The van der Waals surface area contributed by atoms with Crippen LogP contribution in [0.15, 0.2) is 24.3 Å². The minimum atomic E-state index is 0. The van der Waals surface area contributed by atoms with Gasteiger partial charge in [0.25, 0.3) is 0 Å². The van der Waals surface area contributed by atoms with Crippen molar-refractivity contribution in [2.75, 3.05) is 24.5 Å². The number of hydrogen-bond donors (Lipinski definition) is 1. The highest BCUT2D eigenvalue weighted by molar-refractivity contribution is 5.85. The highest BCUT2D eigenvalue weighted by Crippen LogP contribution is 2.30. The zero-order chi connectivity index (χ0) is 10.1. The molecule has 0 radical (unpaired) electrons. The van der Waals surface area contributed by atoms with Crippen LogP contribution in [0.4, 0.5) is 5.69 Å². The van der Waals surface area contributed by atoms with Crippen LogP contribution in [0.2, 0.25) is 0 Å². The predicted molar refractivity (Wildman–Crippen MR) is 77.9 cm³/mol. The number of hydrogen-bond acceptors (Lipinski definition) is 2. The standard InChI is InChI=1S/C13H18N2.2ClH/c1-2-6-13-11(4-1)7-9-15(13)12-5-3-8-14-10-12;;/h1-2,4,6,12,14H,3,5,7-10H2;2*1H. The molecule has 1 fully saturated rings. The first kappa shape index (κ1) is 14.6. The number of halogens is 2. The molecule has 1 atom stereocenters. The lowest BCUT2D eigenvalue weighted by Gasteiger charge is -2.33. The van der Waals surface area contributed by atoms with Crippen molar-refractivity contribution in [1.29, 1.82) is 0 Å².